The van der Waals surface area contributed by atoms with Crippen LogP contribution in [0.5, 0.6) is 0 Å². The summed E-state index contributed by atoms with van der Waals surface area (Å²) < 4.78 is 2.41. The number of hydrogen-bond acceptors (Lipinski definition) is 4. The number of fused-ring (bicyclic) bond motifs is 3. The summed E-state index contributed by atoms with van der Waals surface area (Å²) in [4.78, 5) is 15.6. The molecule has 0 atom stereocenters. The van der Waals surface area contributed by atoms with E-state index >= 15 is 0 Å². The fourth-order valence-corrected chi connectivity index (χ4v) is 8.64. The van der Waals surface area contributed by atoms with Crippen molar-refractivity contribution in [3.63, 3.8) is 0 Å². The molecule has 0 bridgehead atoms. The highest BCUT2D eigenvalue weighted by Crippen LogP contribution is 2.43. The minimum absolute atomic E-state index is 0.644. The molecule has 258 valence electrons. The fraction of sp³-hybridized carbons (Fsp3) is 0. The number of nitrogens with zero attached hydrogens (tertiary/aromatic N) is 3. The van der Waals surface area contributed by atoms with Crippen molar-refractivity contribution >= 4 is 31.5 Å². The van der Waals surface area contributed by atoms with E-state index in [0.717, 1.165) is 38.8 Å². The minimum atomic E-state index is 0.644. The van der Waals surface area contributed by atoms with Crippen molar-refractivity contribution in [2.75, 3.05) is 0 Å². The highest BCUT2D eigenvalue weighted by molar-refractivity contribution is 7.26. The van der Waals surface area contributed by atoms with Gasteiger partial charge in [-0.05, 0) is 68.8 Å². The molecule has 8 aromatic carbocycles. The summed E-state index contributed by atoms with van der Waals surface area (Å²) >= 11 is 1.80. The maximum Gasteiger partial charge on any atom is 0.164 e. The van der Waals surface area contributed by atoms with Crippen molar-refractivity contribution in [2.45, 2.75) is 0 Å². The average molecular weight is 720 g/mol. The molecule has 10 aromatic rings. The number of aromatic nitrogens is 3. The molecule has 3 nitrogen and oxygen atoms in total. The molecule has 0 saturated carbocycles. The third-order valence-electron chi connectivity index (χ3n) is 10.2. The quantitative estimate of drug-likeness (QED) is 0.165. The van der Waals surface area contributed by atoms with Gasteiger partial charge < -0.3 is 0 Å². The number of thiophene rings is 1. The molecule has 0 unspecified atom stereocenters. The zero-order valence-electron chi connectivity index (χ0n) is 29.8. The van der Waals surface area contributed by atoms with Crippen LogP contribution in [0.1, 0.15) is 0 Å². The largest absolute Gasteiger partial charge is 0.208 e. The van der Waals surface area contributed by atoms with Gasteiger partial charge in [-0.2, -0.15) is 0 Å². The molecule has 0 saturated heterocycles. The van der Waals surface area contributed by atoms with Gasteiger partial charge in [0.05, 0.1) is 0 Å². The van der Waals surface area contributed by atoms with E-state index in [9.17, 15) is 0 Å². The summed E-state index contributed by atoms with van der Waals surface area (Å²) in [7, 11) is 0. The first-order chi connectivity index (χ1) is 27.3. The molecule has 0 N–H and O–H groups in total. The van der Waals surface area contributed by atoms with Gasteiger partial charge in [0.25, 0.3) is 0 Å². The zero-order chi connectivity index (χ0) is 36.6. The third kappa shape index (κ3) is 6.19. The fourth-order valence-electron chi connectivity index (χ4n) is 7.52. The lowest BCUT2D eigenvalue weighted by Crippen LogP contribution is -2.01. The normalized spacial score (nSPS) is 11.3. The van der Waals surface area contributed by atoms with Crippen LogP contribution in [0.4, 0.5) is 0 Å². The van der Waals surface area contributed by atoms with E-state index in [1.807, 2.05) is 24.3 Å². The first-order valence-electron chi connectivity index (χ1n) is 18.4. The molecule has 10 rings (SSSR count). The Morgan fingerprint density at radius 2 is 0.782 bits per heavy atom. The molecular formula is C51H33N3S. The lowest BCUT2D eigenvalue weighted by molar-refractivity contribution is 1.08. The van der Waals surface area contributed by atoms with Crippen molar-refractivity contribution in [1.29, 1.82) is 0 Å². The van der Waals surface area contributed by atoms with Gasteiger partial charge in [-0.3, -0.25) is 0 Å². The molecular weight excluding hydrogens is 687 g/mol. The maximum absolute atomic E-state index is 5.28. The Morgan fingerprint density at radius 1 is 0.273 bits per heavy atom. The van der Waals surface area contributed by atoms with E-state index in [-0.39, 0.29) is 0 Å². The summed E-state index contributed by atoms with van der Waals surface area (Å²) in [5.41, 5.74) is 12.2. The van der Waals surface area contributed by atoms with Gasteiger partial charge in [0.1, 0.15) is 0 Å². The van der Waals surface area contributed by atoms with Crippen LogP contribution in [-0.4, -0.2) is 15.0 Å². The predicted molar refractivity (Wildman–Crippen MR) is 231 cm³/mol. The highest BCUT2D eigenvalue weighted by Gasteiger charge is 2.20. The van der Waals surface area contributed by atoms with Crippen LogP contribution in [0.25, 0.3) is 98.8 Å². The molecule has 0 spiro atoms. The van der Waals surface area contributed by atoms with Crippen LogP contribution in [0.15, 0.2) is 200 Å². The second-order valence-corrected chi connectivity index (χ2v) is 14.7. The van der Waals surface area contributed by atoms with Gasteiger partial charge in [0.2, 0.25) is 0 Å². The molecule has 0 radical (unpaired) electrons. The Morgan fingerprint density at radius 3 is 1.45 bits per heavy atom. The van der Waals surface area contributed by atoms with Gasteiger partial charge >= 0.3 is 0 Å². The van der Waals surface area contributed by atoms with Crippen LogP contribution in [0.2, 0.25) is 0 Å². The number of rotatable bonds is 7. The lowest BCUT2D eigenvalue weighted by Gasteiger charge is -2.14. The van der Waals surface area contributed by atoms with Crippen LogP contribution in [0.3, 0.4) is 0 Å². The average Bonchev–Trinajstić information content (AvgIpc) is 3.65. The summed E-state index contributed by atoms with van der Waals surface area (Å²) in [5, 5.41) is 2.34. The maximum atomic E-state index is 5.28. The minimum Gasteiger partial charge on any atom is -0.208 e. The van der Waals surface area contributed by atoms with E-state index in [0.29, 0.717) is 17.5 Å². The molecule has 4 heteroatoms. The summed E-state index contributed by atoms with van der Waals surface area (Å²) in [6.07, 6.45) is 0. The van der Waals surface area contributed by atoms with Crippen molar-refractivity contribution in [2.24, 2.45) is 0 Å². The Labute approximate surface area is 323 Å². The van der Waals surface area contributed by atoms with Crippen molar-refractivity contribution in [3.8, 4) is 78.7 Å². The summed E-state index contributed by atoms with van der Waals surface area (Å²) in [6, 6.07) is 70.5. The molecule has 0 aliphatic heterocycles. The molecule has 0 amide bonds. The molecule has 0 aliphatic carbocycles. The molecule has 0 fully saturated rings. The van der Waals surface area contributed by atoms with Gasteiger partial charge in [-0.15, -0.1) is 11.3 Å². The lowest BCUT2D eigenvalue weighted by atomic mass is 9.90. The first-order valence-corrected chi connectivity index (χ1v) is 19.3. The van der Waals surface area contributed by atoms with Gasteiger partial charge in [-0.25, -0.2) is 15.0 Å². The Balaban J connectivity index is 1.19. The first kappa shape index (κ1) is 32.6. The Bertz CT molecular complexity index is 2960. The highest BCUT2D eigenvalue weighted by atomic mass is 32.1. The molecule has 55 heavy (non-hydrogen) atoms. The van der Waals surface area contributed by atoms with E-state index < -0.39 is 0 Å². The number of benzene rings is 8. The predicted octanol–water partition coefficient (Wildman–Crippen LogP) is 13.9. The number of hydrogen-bond donors (Lipinski definition) is 0. The van der Waals surface area contributed by atoms with Crippen molar-refractivity contribution < 1.29 is 0 Å². The zero-order valence-corrected chi connectivity index (χ0v) is 30.6. The van der Waals surface area contributed by atoms with E-state index in [2.05, 4.69) is 176 Å². The molecule has 0 aliphatic rings. The van der Waals surface area contributed by atoms with Crippen molar-refractivity contribution in [3.05, 3.63) is 200 Å². The Kier molecular flexibility index (Phi) is 8.36. The topological polar surface area (TPSA) is 38.7 Å². The standard InChI is InChI=1S/C51H33N3S/c1-5-16-34(17-6-1)38-28-30-41(36-20-9-3-10-21-36)44(32-38)39-29-31-46-45(33-39)48-43(26-15-27-47(48)55-46)51-53-49(37-22-11-4-12-23-37)52-50(54-51)42-25-14-13-24-40(42)35-18-7-2-8-19-35/h1-33H. The van der Waals surface area contributed by atoms with Gasteiger partial charge in [-0.1, -0.05) is 176 Å². The SMILES string of the molecule is c1ccc(-c2ccc(-c3ccccc3)c(-c3ccc4sc5cccc(-c6nc(-c7ccccc7)nc(-c7ccccc7-c7ccccc7)n6)c5c4c3)c2)cc1. The van der Waals surface area contributed by atoms with E-state index in [4.69, 9.17) is 15.0 Å². The second kappa shape index (κ2) is 14.1. The van der Waals surface area contributed by atoms with Crippen LogP contribution in [-0.2, 0) is 0 Å². The van der Waals surface area contributed by atoms with E-state index in [1.54, 1.807) is 11.3 Å². The van der Waals surface area contributed by atoms with Crippen LogP contribution >= 0.6 is 11.3 Å². The van der Waals surface area contributed by atoms with Crippen LogP contribution < -0.4 is 0 Å². The Hall–Kier alpha value is -7.01. The van der Waals surface area contributed by atoms with Crippen molar-refractivity contribution in [1.82, 2.24) is 15.0 Å². The smallest absolute Gasteiger partial charge is 0.164 e. The van der Waals surface area contributed by atoms with Gasteiger partial charge in [0, 0.05) is 36.9 Å². The van der Waals surface area contributed by atoms with Gasteiger partial charge in [0.15, 0.2) is 17.5 Å². The molecule has 2 aromatic heterocycles. The second-order valence-electron chi connectivity index (χ2n) is 13.6. The summed E-state index contributed by atoms with van der Waals surface area (Å²) in [6.45, 7) is 0. The van der Waals surface area contributed by atoms with E-state index in [1.165, 1.54) is 42.6 Å². The van der Waals surface area contributed by atoms with Crippen LogP contribution in [0, 0.1) is 0 Å². The monoisotopic (exact) mass is 719 g/mol. The third-order valence-corrected chi connectivity index (χ3v) is 11.3. The molecule has 2 heterocycles. The summed E-state index contributed by atoms with van der Waals surface area (Å²) in [5.74, 6) is 1.94.